The van der Waals surface area contributed by atoms with E-state index in [0.29, 0.717) is 24.7 Å². The van der Waals surface area contributed by atoms with Crippen LogP contribution < -0.4 is 14.8 Å². The van der Waals surface area contributed by atoms with Gasteiger partial charge in [-0.05, 0) is 72.7 Å². The number of nitriles is 1. The van der Waals surface area contributed by atoms with Gasteiger partial charge in [-0.3, -0.25) is 4.79 Å². The molecule has 31 heavy (non-hydrogen) atoms. The van der Waals surface area contributed by atoms with E-state index in [-0.39, 0.29) is 5.57 Å². The van der Waals surface area contributed by atoms with E-state index in [4.69, 9.17) is 9.47 Å². The molecule has 5 nitrogen and oxygen atoms in total. The molecule has 0 saturated heterocycles. The molecule has 0 heterocycles. The lowest BCUT2D eigenvalue weighted by Gasteiger charge is -2.08. The quantitative estimate of drug-likeness (QED) is 0.321. The van der Waals surface area contributed by atoms with Gasteiger partial charge in [0.15, 0.2) is 0 Å². The SMILES string of the molecule is CCOc1ccc(NC(=O)/C(C#N)=C\c2ccc(OCc3ccc(Br)cc3)cc2)cc1. The number of halogens is 1. The third kappa shape index (κ3) is 6.73. The van der Waals surface area contributed by atoms with E-state index in [1.807, 2.05) is 49.4 Å². The zero-order chi connectivity index (χ0) is 22.1. The van der Waals surface area contributed by atoms with Crippen LogP contribution in [0.1, 0.15) is 18.1 Å². The number of ether oxygens (including phenoxy) is 2. The molecule has 156 valence electrons. The Morgan fingerprint density at radius 3 is 2.19 bits per heavy atom. The Labute approximate surface area is 190 Å². The Balaban J connectivity index is 1.61. The molecule has 3 aromatic rings. The molecule has 0 spiro atoms. The Morgan fingerprint density at radius 2 is 1.58 bits per heavy atom. The second kappa shape index (κ2) is 11.0. The Morgan fingerprint density at radius 1 is 0.968 bits per heavy atom. The number of hydrogen-bond donors (Lipinski definition) is 1. The minimum Gasteiger partial charge on any atom is -0.494 e. The lowest BCUT2D eigenvalue weighted by atomic mass is 10.1. The van der Waals surface area contributed by atoms with E-state index < -0.39 is 5.91 Å². The maximum Gasteiger partial charge on any atom is 0.266 e. The number of carbonyl (C=O) groups is 1. The van der Waals surface area contributed by atoms with Crippen LogP contribution in [0.3, 0.4) is 0 Å². The molecule has 0 unspecified atom stereocenters. The van der Waals surface area contributed by atoms with Gasteiger partial charge in [0.25, 0.3) is 5.91 Å². The fraction of sp³-hybridized carbons (Fsp3) is 0.120. The zero-order valence-corrected chi connectivity index (χ0v) is 18.6. The highest BCUT2D eigenvalue weighted by Crippen LogP contribution is 2.19. The summed E-state index contributed by atoms with van der Waals surface area (Å²) in [6.07, 6.45) is 1.54. The van der Waals surface area contributed by atoms with E-state index in [2.05, 4.69) is 21.2 Å². The summed E-state index contributed by atoms with van der Waals surface area (Å²) in [5.74, 6) is 0.957. The predicted molar refractivity (Wildman–Crippen MR) is 125 cm³/mol. The summed E-state index contributed by atoms with van der Waals surface area (Å²) in [7, 11) is 0. The molecule has 0 bridgehead atoms. The summed E-state index contributed by atoms with van der Waals surface area (Å²) in [6, 6.07) is 24.1. The molecular formula is C25H21BrN2O3. The first-order valence-electron chi connectivity index (χ1n) is 9.70. The van der Waals surface area contributed by atoms with Crippen LogP contribution in [0.2, 0.25) is 0 Å². The van der Waals surface area contributed by atoms with Gasteiger partial charge < -0.3 is 14.8 Å². The summed E-state index contributed by atoms with van der Waals surface area (Å²) in [5, 5.41) is 12.1. The van der Waals surface area contributed by atoms with Gasteiger partial charge in [0.1, 0.15) is 29.7 Å². The van der Waals surface area contributed by atoms with Gasteiger partial charge in [-0.25, -0.2) is 0 Å². The summed E-state index contributed by atoms with van der Waals surface area (Å²) in [4.78, 5) is 12.4. The second-order valence-corrected chi connectivity index (χ2v) is 7.48. The van der Waals surface area contributed by atoms with Crippen LogP contribution in [0.15, 0.2) is 82.8 Å². The van der Waals surface area contributed by atoms with E-state index >= 15 is 0 Å². The average molecular weight is 477 g/mol. The predicted octanol–water partition coefficient (Wildman–Crippen LogP) is 5.97. The largest absolute Gasteiger partial charge is 0.494 e. The van der Waals surface area contributed by atoms with E-state index in [9.17, 15) is 10.1 Å². The van der Waals surface area contributed by atoms with Gasteiger partial charge in [-0.15, -0.1) is 0 Å². The Bertz CT molecular complexity index is 1080. The number of carbonyl (C=O) groups excluding carboxylic acids is 1. The van der Waals surface area contributed by atoms with Gasteiger partial charge in [0.2, 0.25) is 0 Å². The summed E-state index contributed by atoms with van der Waals surface area (Å²) in [5.41, 5.74) is 2.39. The number of anilines is 1. The van der Waals surface area contributed by atoms with Crippen LogP contribution in [0, 0.1) is 11.3 Å². The molecule has 3 aromatic carbocycles. The van der Waals surface area contributed by atoms with Crippen molar-refractivity contribution in [2.75, 3.05) is 11.9 Å². The first-order valence-corrected chi connectivity index (χ1v) is 10.5. The summed E-state index contributed by atoms with van der Waals surface area (Å²) >= 11 is 3.41. The maximum absolute atomic E-state index is 12.4. The van der Waals surface area contributed by atoms with Crippen molar-refractivity contribution in [2.24, 2.45) is 0 Å². The van der Waals surface area contributed by atoms with Crippen LogP contribution in [0.5, 0.6) is 11.5 Å². The van der Waals surface area contributed by atoms with Gasteiger partial charge in [0.05, 0.1) is 6.61 Å². The highest BCUT2D eigenvalue weighted by molar-refractivity contribution is 9.10. The molecule has 0 aliphatic heterocycles. The zero-order valence-electron chi connectivity index (χ0n) is 17.0. The summed E-state index contributed by atoms with van der Waals surface area (Å²) < 4.78 is 12.2. The van der Waals surface area contributed by atoms with Gasteiger partial charge in [0, 0.05) is 10.2 Å². The van der Waals surface area contributed by atoms with Crippen molar-refractivity contribution in [2.45, 2.75) is 13.5 Å². The van der Waals surface area contributed by atoms with Crippen molar-refractivity contribution >= 4 is 33.6 Å². The van der Waals surface area contributed by atoms with Crippen LogP contribution >= 0.6 is 15.9 Å². The van der Waals surface area contributed by atoms with Crippen molar-refractivity contribution in [3.8, 4) is 17.6 Å². The molecule has 0 aromatic heterocycles. The van der Waals surface area contributed by atoms with E-state index in [1.165, 1.54) is 0 Å². The number of nitrogens with zero attached hydrogens (tertiary/aromatic N) is 1. The van der Waals surface area contributed by atoms with Crippen LogP contribution in [0.4, 0.5) is 5.69 Å². The maximum atomic E-state index is 12.4. The molecule has 0 fully saturated rings. The van der Waals surface area contributed by atoms with Gasteiger partial charge in [-0.2, -0.15) is 5.26 Å². The standard InChI is InChI=1S/C25H21BrN2O3/c1-2-30-23-13-9-22(10-14-23)28-25(29)20(16-27)15-18-5-11-24(12-6-18)31-17-19-3-7-21(26)8-4-19/h3-15H,2,17H2,1H3,(H,28,29)/b20-15-. The van der Waals surface area contributed by atoms with Crippen molar-refractivity contribution < 1.29 is 14.3 Å². The lowest BCUT2D eigenvalue weighted by molar-refractivity contribution is -0.112. The molecule has 1 amide bonds. The highest BCUT2D eigenvalue weighted by Gasteiger charge is 2.10. The monoisotopic (exact) mass is 476 g/mol. The van der Waals surface area contributed by atoms with Crippen LogP contribution in [-0.4, -0.2) is 12.5 Å². The fourth-order valence-corrected chi connectivity index (χ4v) is 2.99. The Hall–Kier alpha value is -3.56. The first kappa shape index (κ1) is 22.1. The molecule has 0 radical (unpaired) electrons. The highest BCUT2D eigenvalue weighted by atomic mass is 79.9. The topological polar surface area (TPSA) is 71.3 Å². The lowest BCUT2D eigenvalue weighted by Crippen LogP contribution is -2.13. The fourth-order valence-electron chi connectivity index (χ4n) is 2.72. The van der Waals surface area contributed by atoms with Gasteiger partial charge >= 0.3 is 0 Å². The number of nitrogens with one attached hydrogen (secondary N) is 1. The van der Waals surface area contributed by atoms with E-state index in [1.54, 1.807) is 42.5 Å². The molecule has 0 atom stereocenters. The van der Waals surface area contributed by atoms with Crippen molar-refractivity contribution in [3.63, 3.8) is 0 Å². The minimum absolute atomic E-state index is 0.0115. The molecule has 0 aliphatic rings. The molecule has 1 N–H and O–H groups in total. The number of amides is 1. The van der Waals surface area contributed by atoms with Crippen molar-refractivity contribution in [1.29, 1.82) is 5.26 Å². The first-order chi connectivity index (χ1) is 15.1. The minimum atomic E-state index is -0.470. The molecule has 6 heteroatoms. The van der Waals surface area contributed by atoms with Crippen LogP contribution in [0.25, 0.3) is 6.08 Å². The molecule has 0 aliphatic carbocycles. The third-order valence-electron chi connectivity index (χ3n) is 4.30. The van der Waals surface area contributed by atoms with Gasteiger partial charge in [-0.1, -0.05) is 40.2 Å². The third-order valence-corrected chi connectivity index (χ3v) is 4.83. The molecule has 0 saturated carbocycles. The summed E-state index contributed by atoms with van der Waals surface area (Å²) in [6.45, 7) is 2.93. The Kier molecular flexibility index (Phi) is 7.85. The second-order valence-electron chi connectivity index (χ2n) is 6.57. The van der Waals surface area contributed by atoms with Crippen LogP contribution in [-0.2, 0) is 11.4 Å². The average Bonchev–Trinajstić information content (AvgIpc) is 2.79. The van der Waals surface area contributed by atoms with Crippen molar-refractivity contribution in [3.05, 3.63) is 94.0 Å². The number of hydrogen-bond acceptors (Lipinski definition) is 4. The number of benzene rings is 3. The molecule has 3 rings (SSSR count). The molecular weight excluding hydrogens is 456 g/mol. The normalized spacial score (nSPS) is 10.8. The van der Waals surface area contributed by atoms with E-state index in [0.717, 1.165) is 21.3 Å². The van der Waals surface area contributed by atoms with Crippen molar-refractivity contribution in [1.82, 2.24) is 0 Å². The smallest absolute Gasteiger partial charge is 0.266 e. The number of rotatable bonds is 8.